The van der Waals surface area contributed by atoms with Gasteiger partial charge in [0.15, 0.2) is 5.57 Å². The van der Waals surface area contributed by atoms with Gasteiger partial charge >= 0.3 is 5.97 Å². The molecule has 0 heterocycles. The summed E-state index contributed by atoms with van der Waals surface area (Å²) >= 11 is 0. The van der Waals surface area contributed by atoms with Crippen LogP contribution in [0.25, 0.3) is 5.70 Å². The number of hydrogen-bond donors (Lipinski definition) is 3. The Morgan fingerprint density at radius 3 is 2.40 bits per heavy atom. The molecule has 0 saturated carbocycles. The van der Waals surface area contributed by atoms with Crippen molar-refractivity contribution in [1.82, 2.24) is 5.43 Å². The third-order valence-electron chi connectivity index (χ3n) is 1.78. The van der Waals surface area contributed by atoms with Crippen LogP contribution in [0.2, 0.25) is 0 Å². The van der Waals surface area contributed by atoms with E-state index in [1.54, 1.807) is 36.4 Å². The number of carbonyl (C=O) groups is 1. The first-order chi connectivity index (χ1) is 7.20. The lowest BCUT2D eigenvalue weighted by Crippen LogP contribution is -2.23. The zero-order valence-corrected chi connectivity index (χ0v) is 7.77. The molecule has 0 amide bonds. The van der Waals surface area contributed by atoms with Crippen molar-refractivity contribution in [2.24, 2.45) is 5.84 Å². The average Bonchev–Trinajstić information content (AvgIpc) is 2.26. The van der Waals surface area contributed by atoms with E-state index in [4.69, 9.17) is 16.2 Å². The highest BCUT2D eigenvalue weighted by Crippen LogP contribution is 2.14. The van der Waals surface area contributed by atoms with Gasteiger partial charge < -0.3 is 10.5 Å². The normalized spacial score (nSPS) is 11.2. The van der Waals surface area contributed by atoms with Gasteiger partial charge in [-0.1, -0.05) is 30.3 Å². The standard InChI is InChI=1S/C10H9N3O2/c11-6-8(10(14)15)9(13-12)7-4-2-1-3-5-7/h1-5,13H,12H2,(H,14,15). The van der Waals surface area contributed by atoms with Crippen molar-refractivity contribution in [3.8, 4) is 6.07 Å². The van der Waals surface area contributed by atoms with E-state index in [-0.39, 0.29) is 5.70 Å². The summed E-state index contributed by atoms with van der Waals surface area (Å²) in [5.41, 5.74) is 2.47. The van der Waals surface area contributed by atoms with Gasteiger partial charge in [0.05, 0.1) is 5.70 Å². The molecule has 4 N–H and O–H groups in total. The first-order valence-electron chi connectivity index (χ1n) is 4.10. The summed E-state index contributed by atoms with van der Waals surface area (Å²) in [6, 6.07) is 10.1. The SMILES string of the molecule is N#CC(C(=O)O)=C(NN)c1ccccc1. The van der Waals surface area contributed by atoms with Crippen LogP contribution in [0.15, 0.2) is 35.9 Å². The number of nitrogens with one attached hydrogen (secondary N) is 1. The molecule has 0 aromatic heterocycles. The summed E-state index contributed by atoms with van der Waals surface area (Å²) < 4.78 is 0. The number of rotatable bonds is 3. The number of carboxylic acid groups (broad SMARTS) is 1. The van der Waals surface area contributed by atoms with Crippen LogP contribution in [0, 0.1) is 11.3 Å². The van der Waals surface area contributed by atoms with E-state index in [0.29, 0.717) is 5.56 Å². The molecule has 0 aliphatic carbocycles. The van der Waals surface area contributed by atoms with Gasteiger partial charge in [-0.2, -0.15) is 5.26 Å². The molecule has 0 spiro atoms. The molecular weight excluding hydrogens is 194 g/mol. The number of nitriles is 1. The van der Waals surface area contributed by atoms with Gasteiger partial charge in [-0.25, -0.2) is 4.79 Å². The zero-order chi connectivity index (χ0) is 11.3. The molecule has 0 atom stereocenters. The quantitative estimate of drug-likeness (QED) is 0.287. The van der Waals surface area contributed by atoms with Crippen LogP contribution in [0.3, 0.4) is 0 Å². The van der Waals surface area contributed by atoms with E-state index >= 15 is 0 Å². The molecule has 1 aromatic carbocycles. The van der Waals surface area contributed by atoms with Gasteiger partial charge in [-0.3, -0.25) is 5.84 Å². The van der Waals surface area contributed by atoms with Crippen molar-refractivity contribution in [1.29, 1.82) is 5.26 Å². The predicted octanol–water partition coefficient (Wildman–Crippen LogP) is 0.469. The highest BCUT2D eigenvalue weighted by Gasteiger charge is 2.14. The molecule has 15 heavy (non-hydrogen) atoms. The van der Waals surface area contributed by atoms with Crippen molar-refractivity contribution < 1.29 is 9.90 Å². The maximum Gasteiger partial charge on any atom is 0.348 e. The fourth-order valence-corrected chi connectivity index (χ4v) is 1.12. The number of nitrogens with zero attached hydrogens (tertiary/aromatic N) is 1. The zero-order valence-electron chi connectivity index (χ0n) is 7.77. The lowest BCUT2D eigenvalue weighted by atomic mass is 10.1. The van der Waals surface area contributed by atoms with E-state index < -0.39 is 11.5 Å². The minimum Gasteiger partial charge on any atom is -0.477 e. The lowest BCUT2D eigenvalue weighted by molar-refractivity contribution is -0.132. The monoisotopic (exact) mass is 203 g/mol. The topological polar surface area (TPSA) is 99.1 Å². The summed E-state index contributed by atoms with van der Waals surface area (Å²) in [4.78, 5) is 10.7. The van der Waals surface area contributed by atoms with Gasteiger partial charge in [0, 0.05) is 5.56 Å². The Balaban J connectivity index is 3.31. The van der Waals surface area contributed by atoms with Gasteiger partial charge in [-0.05, 0) is 0 Å². The smallest absolute Gasteiger partial charge is 0.348 e. The maximum absolute atomic E-state index is 10.7. The average molecular weight is 203 g/mol. The van der Waals surface area contributed by atoms with Crippen LogP contribution in [-0.2, 0) is 4.79 Å². The molecule has 0 radical (unpaired) electrons. The van der Waals surface area contributed by atoms with Crippen LogP contribution in [0.5, 0.6) is 0 Å². The first-order valence-corrected chi connectivity index (χ1v) is 4.10. The molecule has 0 bridgehead atoms. The van der Waals surface area contributed by atoms with Gasteiger partial charge in [0.25, 0.3) is 0 Å². The largest absolute Gasteiger partial charge is 0.477 e. The minimum absolute atomic E-state index is 0.102. The lowest BCUT2D eigenvalue weighted by Gasteiger charge is -2.07. The van der Waals surface area contributed by atoms with Crippen molar-refractivity contribution in [2.75, 3.05) is 0 Å². The molecule has 5 heteroatoms. The number of aliphatic carboxylic acids is 1. The summed E-state index contributed by atoms with van der Waals surface area (Å²) in [6.45, 7) is 0. The van der Waals surface area contributed by atoms with Crippen LogP contribution in [-0.4, -0.2) is 11.1 Å². The summed E-state index contributed by atoms with van der Waals surface area (Å²) in [6.07, 6.45) is 0. The Morgan fingerprint density at radius 2 is 2.00 bits per heavy atom. The van der Waals surface area contributed by atoms with Gasteiger partial charge in [0.2, 0.25) is 0 Å². The third-order valence-corrected chi connectivity index (χ3v) is 1.78. The van der Waals surface area contributed by atoms with Crippen molar-refractivity contribution in [3.05, 3.63) is 41.5 Å². The molecule has 0 fully saturated rings. The minimum atomic E-state index is -1.31. The van der Waals surface area contributed by atoms with Crippen molar-refractivity contribution in [2.45, 2.75) is 0 Å². The predicted molar refractivity (Wildman–Crippen MR) is 53.9 cm³/mol. The molecule has 1 aromatic rings. The molecular formula is C10H9N3O2. The molecule has 1 rings (SSSR count). The number of benzene rings is 1. The van der Waals surface area contributed by atoms with E-state index in [2.05, 4.69) is 5.43 Å². The Hall–Kier alpha value is -2.32. The van der Waals surface area contributed by atoms with Crippen molar-refractivity contribution >= 4 is 11.7 Å². The molecule has 0 saturated heterocycles. The Kier molecular flexibility index (Phi) is 3.43. The second-order valence-electron chi connectivity index (χ2n) is 2.68. The molecule has 0 aliphatic rings. The number of hydrogen-bond acceptors (Lipinski definition) is 4. The second-order valence-corrected chi connectivity index (χ2v) is 2.68. The molecule has 0 unspecified atom stereocenters. The van der Waals surface area contributed by atoms with E-state index in [1.165, 1.54) is 0 Å². The van der Waals surface area contributed by atoms with Crippen LogP contribution in [0.1, 0.15) is 5.56 Å². The van der Waals surface area contributed by atoms with Crippen LogP contribution < -0.4 is 11.3 Å². The van der Waals surface area contributed by atoms with E-state index in [0.717, 1.165) is 0 Å². The van der Waals surface area contributed by atoms with Gasteiger partial charge in [-0.15, -0.1) is 0 Å². The number of nitrogens with two attached hydrogens (primary N) is 1. The van der Waals surface area contributed by atoms with E-state index in [9.17, 15) is 4.79 Å². The first kappa shape index (κ1) is 10.8. The van der Waals surface area contributed by atoms with Crippen molar-refractivity contribution in [3.63, 3.8) is 0 Å². The highest BCUT2D eigenvalue weighted by molar-refractivity contribution is 5.99. The van der Waals surface area contributed by atoms with Crippen LogP contribution >= 0.6 is 0 Å². The summed E-state index contributed by atoms with van der Waals surface area (Å²) in [5, 5.41) is 17.4. The fraction of sp³-hybridized carbons (Fsp3) is 0. The van der Waals surface area contributed by atoms with Gasteiger partial charge in [0.1, 0.15) is 6.07 Å². The van der Waals surface area contributed by atoms with Crippen LogP contribution in [0.4, 0.5) is 0 Å². The molecule has 5 nitrogen and oxygen atoms in total. The summed E-state index contributed by atoms with van der Waals surface area (Å²) in [5.74, 6) is 3.89. The fourth-order valence-electron chi connectivity index (χ4n) is 1.12. The highest BCUT2D eigenvalue weighted by atomic mass is 16.4. The maximum atomic E-state index is 10.7. The number of hydrazine groups is 1. The Bertz CT molecular complexity index is 432. The number of carboxylic acids is 1. The Morgan fingerprint density at radius 1 is 1.40 bits per heavy atom. The van der Waals surface area contributed by atoms with E-state index in [1.807, 2.05) is 0 Å². The molecule has 0 aliphatic heterocycles. The third kappa shape index (κ3) is 2.33. The summed E-state index contributed by atoms with van der Waals surface area (Å²) in [7, 11) is 0. The second kappa shape index (κ2) is 4.79. The molecule has 76 valence electrons. The Labute approximate surface area is 86.4 Å².